The van der Waals surface area contributed by atoms with Gasteiger partial charge in [-0.05, 0) is 37.1 Å². The summed E-state index contributed by atoms with van der Waals surface area (Å²) in [7, 11) is 0. The van der Waals surface area contributed by atoms with Crippen molar-refractivity contribution in [3.63, 3.8) is 0 Å². The molecule has 0 unspecified atom stereocenters. The highest BCUT2D eigenvalue weighted by molar-refractivity contribution is 5.94. The summed E-state index contributed by atoms with van der Waals surface area (Å²) in [5, 5.41) is 5.51. The molecule has 0 saturated heterocycles. The van der Waals surface area contributed by atoms with E-state index in [4.69, 9.17) is 5.73 Å². The van der Waals surface area contributed by atoms with Crippen molar-refractivity contribution >= 4 is 11.8 Å². The van der Waals surface area contributed by atoms with E-state index in [1.54, 1.807) is 6.07 Å². The average Bonchev–Trinajstić information content (AvgIpc) is 2.45. The molecule has 1 aromatic rings. The Kier molecular flexibility index (Phi) is 7.35. The second-order valence-corrected chi connectivity index (χ2v) is 4.59. The van der Waals surface area contributed by atoms with Crippen LogP contribution in [0.4, 0.5) is 0 Å². The third-order valence-corrected chi connectivity index (χ3v) is 2.83. The fourth-order valence-corrected chi connectivity index (χ4v) is 1.78. The molecule has 1 aromatic carbocycles. The lowest BCUT2D eigenvalue weighted by Crippen LogP contribution is -2.31. The summed E-state index contributed by atoms with van der Waals surface area (Å²) in [6.45, 7) is 3.57. The Bertz CT molecular complexity index is 446. The Balaban J connectivity index is 2.39. The highest BCUT2D eigenvalue weighted by Crippen LogP contribution is 2.05. The molecule has 5 nitrogen and oxygen atoms in total. The number of hydrogen-bond donors (Lipinski definition) is 3. The van der Waals surface area contributed by atoms with Gasteiger partial charge in [0.2, 0.25) is 5.91 Å². The topological polar surface area (TPSA) is 84.2 Å². The smallest absolute Gasteiger partial charge is 0.251 e. The maximum absolute atomic E-state index is 11.9. The van der Waals surface area contributed by atoms with E-state index >= 15 is 0 Å². The van der Waals surface area contributed by atoms with Gasteiger partial charge in [0.15, 0.2) is 0 Å². The van der Waals surface area contributed by atoms with Crippen molar-refractivity contribution in [3.05, 3.63) is 35.4 Å². The Labute approximate surface area is 119 Å². The molecule has 5 heteroatoms. The largest absolute Gasteiger partial charge is 0.356 e. The summed E-state index contributed by atoms with van der Waals surface area (Å²) in [4.78, 5) is 23.3. The highest BCUT2D eigenvalue weighted by Gasteiger charge is 2.07. The van der Waals surface area contributed by atoms with E-state index in [0.29, 0.717) is 31.6 Å². The molecule has 0 heterocycles. The number of rotatable bonds is 8. The molecule has 0 atom stereocenters. The van der Waals surface area contributed by atoms with Crippen molar-refractivity contribution in [1.29, 1.82) is 0 Å². The molecular weight excluding hydrogens is 254 g/mol. The molecule has 20 heavy (non-hydrogen) atoms. The molecule has 0 bridgehead atoms. The number of hydrogen-bond acceptors (Lipinski definition) is 3. The van der Waals surface area contributed by atoms with Gasteiger partial charge < -0.3 is 16.4 Å². The highest BCUT2D eigenvalue weighted by atomic mass is 16.2. The van der Waals surface area contributed by atoms with Gasteiger partial charge in [0, 0.05) is 25.1 Å². The lowest BCUT2D eigenvalue weighted by molar-refractivity contribution is -0.120. The van der Waals surface area contributed by atoms with Crippen molar-refractivity contribution in [2.75, 3.05) is 19.6 Å². The molecule has 0 aliphatic carbocycles. The quantitative estimate of drug-likeness (QED) is 0.658. The van der Waals surface area contributed by atoms with Crippen molar-refractivity contribution < 1.29 is 9.59 Å². The van der Waals surface area contributed by atoms with Gasteiger partial charge in [-0.1, -0.05) is 19.1 Å². The molecule has 0 saturated carbocycles. The van der Waals surface area contributed by atoms with Gasteiger partial charge in [-0.2, -0.15) is 0 Å². The first kappa shape index (κ1) is 16.2. The summed E-state index contributed by atoms with van der Waals surface area (Å²) in [5.74, 6) is -0.198. The van der Waals surface area contributed by atoms with Crippen LogP contribution >= 0.6 is 0 Å². The van der Waals surface area contributed by atoms with Crippen LogP contribution in [-0.2, 0) is 11.2 Å². The molecule has 4 N–H and O–H groups in total. The standard InChI is InChI=1S/C15H23N3O2/c1-2-9-17-14(19)7-10-18-15(20)13-5-3-4-12(11-13)6-8-16/h3-5,11H,2,6-10,16H2,1H3,(H,17,19)(H,18,20). The molecule has 0 radical (unpaired) electrons. The van der Waals surface area contributed by atoms with Crippen LogP contribution in [0.5, 0.6) is 0 Å². The van der Waals surface area contributed by atoms with Gasteiger partial charge in [-0.25, -0.2) is 0 Å². The van der Waals surface area contributed by atoms with E-state index in [9.17, 15) is 9.59 Å². The SMILES string of the molecule is CCCNC(=O)CCNC(=O)c1cccc(CCN)c1. The van der Waals surface area contributed by atoms with Crippen molar-refractivity contribution in [2.45, 2.75) is 26.2 Å². The normalized spacial score (nSPS) is 10.1. The van der Waals surface area contributed by atoms with Crippen LogP contribution in [-0.4, -0.2) is 31.4 Å². The average molecular weight is 277 g/mol. The summed E-state index contributed by atoms with van der Waals surface area (Å²) < 4.78 is 0. The van der Waals surface area contributed by atoms with Crippen LogP contribution in [0.1, 0.15) is 35.7 Å². The Morgan fingerprint density at radius 2 is 2.00 bits per heavy atom. The van der Waals surface area contributed by atoms with Crippen molar-refractivity contribution in [2.24, 2.45) is 5.73 Å². The van der Waals surface area contributed by atoms with Gasteiger partial charge in [0.1, 0.15) is 0 Å². The number of amides is 2. The molecule has 0 aliphatic heterocycles. The monoisotopic (exact) mass is 277 g/mol. The molecule has 0 fully saturated rings. The van der Waals surface area contributed by atoms with Crippen LogP contribution < -0.4 is 16.4 Å². The van der Waals surface area contributed by atoms with Crippen LogP contribution in [0.3, 0.4) is 0 Å². The number of carbonyl (C=O) groups excluding carboxylic acids is 2. The summed E-state index contributed by atoms with van der Waals surface area (Å²) in [5.41, 5.74) is 7.14. The Morgan fingerprint density at radius 1 is 1.20 bits per heavy atom. The predicted octanol–water partition coefficient (Wildman–Crippen LogP) is 0.834. The molecular formula is C15H23N3O2. The zero-order valence-electron chi connectivity index (χ0n) is 11.9. The third-order valence-electron chi connectivity index (χ3n) is 2.83. The molecule has 0 aliphatic rings. The van der Waals surface area contributed by atoms with E-state index in [2.05, 4.69) is 10.6 Å². The van der Waals surface area contributed by atoms with Crippen molar-refractivity contribution in [3.8, 4) is 0 Å². The zero-order chi connectivity index (χ0) is 14.8. The summed E-state index contributed by atoms with van der Waals surface area (Å²) >= 11 is 0. The Hall–Kier alpha value is -1.88. The molecule has 1 rings (SSSR count). The maximum Gasteiger partial charge on any atom is 0.251 e. The third kappa shape index (κ3) is 5.84. The van der Waals surface area contributed by atoms with E-state index in [1.807, 2.05) is 25.1 Å². The molecule has 2 amide bonds. The van der Waals surface area contributed by atoms with Crippen molar-refractivity contribution in [1.82, 2.24) is 10.6 Å². The minimum Gasteiger partial charge on any atom is -0.356 e. The lowest BCUT2D eigenvalue weighted by Gasteiger charge is -2.07. The minimum atomic E-state index is -0.160. The first-order chi connectivity index (χ1) is 9.67. The fraction of sp³-hybridized carbons (Fsp3) is 0.467. The number of nitrogens with one attached hydrogen (secondary N) is 2. The van der Waals surface area contributed by atoms with E-state index in [1.165, 1.54) is 0 Å². The van der Waals surface area contributed by atoms with Gasteiger partial charge >= 0.3 is 0 Å². The number of nitrogens with two attached hydrogens (primary N) is 1. The Morgan fingerprint density at radius 3 is 2.70 bits per heavy atom. The second kappa shape index (κ2) is 9.09. The van der Waals surface area contributed by atoms with Gasteiger partial charge in [-0.3, -0.25) is 9.59 Å². The molecule has 0 aromatic heterocycles. The van der Waals surface area contributed by atoms with Gasteiger partial charge in [0.25, 0.3) is 5.91 Å². The lowest BCUT2D eigenvalue weighted by atomic mass is 10.1. The summed E-state index contributed by atoms with van der Waals surface area (Å²) in [6, 6.07) is 7.38. The van der Waals surface area contributed by atoms with Crippen LogP contribution in [0.25, 0.3) is 0 Å². The van der Waals surface area contributed by atoms with Crippen LogP contribution in [0.2, 0.25) is 0 Å². The maximum atomic E-state index is 11.9. The number of benzene rings is 1. The van der Waals surface area contributed by atoms with Crippen LogP contribution in [0.15, 0.2) is 24.3 Å². The second-order valence-electron chi connectivity index (χ2n) is 4.59. The van der Waals surface area contributed by atoms with Crippen LogP contribution in [0, 0.1) is 0 Å². The van der Waals surface area contributed by atoms with Gasteiger partial charge in [0.05, 0.1) is 0 Å². The van der Waals surface area contributed by atoms with E-state index < -0.39 is 0 Å². The van der Waals surface area contributed by atoms with E-state index in [0.717, 1.165) is 18.4 Å². The number of carbonyl (C=O) groups is 2. The first-order valence-electron chi connectivity index (χ1n) is 7.01. The fourth-order valence-electron chi connectivity index (χ4n) is 1.78. The minimum absolute atomic E-state index is 0.0379. The van der Waals surface area contributed by atoms with Gasteiger partial charge in [-0.15, -0.1) is 0 Å². The first-order valence-corrected chi connectivity index (χ1v) is 7.01. The molecule has 110 valence electrons. The zero-order valence-corrected chi connectivity index (χ0v) is 11.9. The predicted molar refractivity (Wildman–Crippen MR) is 79.5 cm³/mol. The molecule has 0 spiro atoms. The summed E-state index contributed by atoms with van der Waals surface area (Å²) in [6.07, 6.45) is 1.96. The van der Waals surface area contributed by atoms with E-state index in [-0.39, 0.29) is 11.8 Å².